The van der Waals surface area contributed by atoms with Gasteiger partial charge in [0.15, 0.2) is 0 Å². The van der Waals surface area contributed by atoms with E-state index in [4.69, 9.17) is 0 Å². The second kappa shape index (κ2) is 19.5. The Morgan fingerprint density at radius 1 is 0.667 bits per heavy atom. The zero-order chi connectivity index (χ0) is 11.8. The lowest BCUT2D eigenvalue weighted by Gasteiger charge is -2.03. The number of nitrogens with two attached hydrogens (primary N) is 1. The largest absolute Gasteiger partial charge is 0.333 e. The Labute approximate surface area is 97.0 Å². The Morgan fingerprint density at radius 3 is 1.40 bits per heavy atom. The summed E-state index contributed by atoms with van der Waals surface area (Å²) in [4.78, 5) is 0. The molecule has 0 aromatic carbocycles. The van der Waals surface area contributed by atoms with Gasteiger partial charge in [0.25, 0.3) is 0 Å². The molecule has 0 amide bonds. The number of rotatable bonds is 10. The van der Waals surface area contributed by atoms with E-state index in [9.17, 15) is 0 Å². The van der Waals surface area contributed by atoms with Gasteiger partial charge in [0.1, 0.15) is 0 Å². The molecule has 0 heterocycles. The van der Waals surface area contributed by atoms with E-state index in [0.29, 0.717) is 0 Å². The standard InChI is InChI=1S/C12H27N.CH5N/c1-3-5-7-9-11-13-12-10-8-6-4-2;1-2/h13H,3-12H2,1-2H3;2H2,1H3. The van der Waals surface area contributed by atoms with Crippen LogP contribution in [0.25, 0.3) is 0 Å². The average molecular weight is 216 g/mol. The third kappa shape index (κ3) is 20.1. The molecule has 94 valence electrons. The van der Waals surface area contributed by atoms with E-state index in [2.05, 4.69) is 24.9 Å². The minimum absolute atomic E-state index is 1.23. The van der Waals surface area contributed by atoms with Gasteiger partial charge in [-0.05, 0) is 33.0 Å². The van der Waals surface area contributed by atoms with Gasteiger partial charge in [0.2, 0.25) is 0 Å². The highest BCUT2D eigenvalue weighted by Crippen LogP contribution is 1.98. The molecule has 0 rings (SSSR count). The van der Waals surface area contributed by atoms with Crippen LogP contribution in [-0.4, -0.2) is 20.1 Å². The fourth-order valence-electron chi connectivity index (χ4n) is 1.48. The number of nitrogens with one attached hydrogen (secondary N) is 1. The van der Waals surface area contributed by atoms with E-state index >= 15 is 0 Å². The molecule has 0 saturated heterocycles. The molecule has 2 nitrogen and oxygen atoms in total. The third-order valence-electron chi connectivity index (χ3n) is 2.41. The molecule has 0 unspecified atom stereocenters. The Hall–Kier alpha value is -0.0800. The van der Waals surface area contributed by atoms with Crippen molar-refractivity contribution in [1.29, 1.82) is 0 Å². The van der Waals surface area contributed by atoms with Crippen LogP contribution < -0.4 is 11.1 Å². The Morgan fingerprint density at radius 2 is 1.07 bits per heavy atom. The molecular formula is C13H32N2. The van der Waals surface area contributed by atoms with Crippen molar-refractivity contribution in [2.24, 2.45) is 5.73 Å². The number of hydrogen-bond donors (Lipinski definition) is 2. The van der Waals surface area contributed by atoms with E-state index in [1.165, 1.54) is 71.5 Å². The summed E-state index contributed by atoms with van der Waals surface area (Å²) < 4.78 is 0. The molecule has 3 N–H and O–H groups in total. The van der Waals surface area contributed by atoms with Gasteiger partial charge in [-0.15, -0.1) is 0 Å². The van der Waals surface area contributed by atoms with Crippen LogP contribution in [-0.2, 0) is 0 Å². The van der Waals surface area contributed by atoms with Gasteiger partial charge in [-0.2, -0.15) is 0 Å². The zero-order valence-electron chi connectivity index (χ0n) is 11.1. The fourth-order valence-corrected chi connectivity index (χ4v) is 1.48. The fraction of sp³-hybridized carbons (Fsp3) is 1.00. The third-order valence-corrected chi connectivity index (χ3v) is 2.41. The molecule has 0 aliphatic carbocycles. The van der Waals surface area contributed by atoms with Crippen molar-refractivity contribution in [3.8, 4) is 0 Å². The van der Waals surface area contributed by atoms with Crippen LogP contribution in [0.15, 0.2) is 0 Å². The van der Waals surface area contributed by atoms with E-state index in [0.717, 1.165) is 0 Å². The summed E-state index contributed by atoms with van der Waals surface area (Å²) in [6.07, 6.45) is 11.0. The molecular weight excluding hydrogens is 184 g/mol. The molecule has 0 atom stereocenters. The molecule has 0 saturated carbocycles. The maximum Gasteiger partial charge on any atom is -0.00489 e. The van der Waals surface area contributed by atoms with Gasteiger partial charge in [0, 0.05) is 0 Å². The first-order chi connectivity index (χ1) is 7.41. The van der Waals surface area contributed by atoms with Crippen LogP contribution in [0, 0.1) is 0 Å². The summed E-state index contributed by atoms with van der Waals surface area (Å²) in [5.41, 5.74) is 4.50. The lowest BCUT2D eigenvalue weighted by molar-refractivity contribution is 0.564. The molecule has 0 fully saturated rings. The van der Waals surface area contributed by atoms with Crippen LogP contribution in [0.4, 0.5) is 0 Å². The number of unbranched alkanes of at least 4 members (excludes halogenated alkanes) is 6. The lowest BCUT2D eigenvalue weighted by Crippen LogP contribution is -2.16. The topological polar surface area (TPSA) is 38.0 Å². The molecule has 0 spiro atoms. The van der Waals surface area contributed by atoms with Crippen LogP contribution in [0.2, 0.25) is 0 Å². The quantitative estimate of drug-likeness (QED) is 0.550. The van der Waals surface area contributed by atoms with Gasteiger partial charge in [-0.25, -0.2) is 0 Å². The SMILES string of the molecule is CCCCCCNCCCCCC.CN. The van der Waals surface area contributed by atoms with Crippen molar-refractivity contribution in [1.82, 2.24) is 5.32 Å². The molecule has 0 aliphatic heterocycles. The number of hydrogen-bond acceptors (Lipinski definition) is 2. The second-order valence-electron chi connectivity index (χ2n) is 3.87. The maximum absolute atomic E-state index is 4.50. The van der Waals surface area contributed by atoms with Gasteiger partial charge >= 0.3 is 0 Å². The molecule has 0 aliphatic rings. The van der Waals surface area contributed by atoms with Gasteiger partial charge < -0.3 is 11.1 Å². The highest BCUT2D eigenvalue weighted by Gasteiger charge is 1.89. The summed E-state index contributed by atoms with van der Waals surface area (Å²) in [6.45, 7) is 6.98. The first-order valence-corrected chi connectivity index (χ1v) is 6.70. The minimum atomic E-state index is 1.23. The van der Waals surface area contributed by atoms with Gasteiger partial charge in [0.05, 0.1) is 0 Å². The highest BCUT2D eigenvalue weighted by atomic mass is 14.8. The Bertz CT molecular complexity index is 74.6. The van der Waals surface area contributed by atoms with Crippen molar-refractivity contribution < 1.29 is 0 Å². The van der Waals surface area contributed by atoms with E-state index < -0.39 is 0 Å². The molecule has 15 heavy (non-hydrogen) atoms. The maximum atomic E-state index is 4.50. The van der Waals surface area contributed by atoms with Crippen molar-refractivity contribution >= 4 is 0 Å². The normalized spacial score (nSPS) is 9.60. The van der Waals surface area contributed by atoms with Crippen molar-refractivity contribution in [3.63, 3.8) is 0 Å². The molecule has 0 radical (unpaired) electrons. The highest BCUT2D eigenvalue weighted by molar-refractivity contribution is 4.49. The summed E-state index contributed by atoms with van der Waals surface area (Å²) in [5, 5.41) is 3.50. The van der Waals surface area contributed by atoms with E-state index in [-0.39, 0.29) is 0 Å². The molecule has 2 heteroatoms. The molecule has 0 aromatic heterocycles. The summed E-state index contributed by atoms with van der Waals surface area (Å²) in [6, 6.07) is 0. The van der Waals surface area contributed by atoms with Gasteiger partial charge in [-0.3, -0.25) is 0 Å². The van der Waals surface area contributed by atoms with Crippen LogP contribution in [0.3, 0.4) is 0 Å². The first kappa shape index (κ1) is 17.3. The minimum Gasteiger partial charge on any atom is -0.333 e. The van der Waals surface area contributed by atoms with Crippen molar-refractivity contribution in [2.75, 3.05) is 20.1 Å². The first-order valence-electron chi connectivity index (χ1n) is 6.70. The molecule has 0 bridgehead atoms. The van der Waals surface area contributed by atoms with Gasteiger partial charge in [-0.1, -0.05) is 52.4 Å². The summed E-state index contributed by atoms with van der Waals surface area (Å²) in [5.74, 6) is 0. The van der Waals surface area contributed by atoms with Crippen LogP contribution in [0.5, 0.6) is 0 Å². The lowest BCUT2D eigenvalue weighted by atomic mass is 10.2. The Kier molecular flexibility index (Phi) is 22.5. The smallest absolute Gasteiger partial charge is 0.00489 e. The van der Waals surface area contributed by atoms with Crippen LogP contribution in [0.1, 0.15) is 65.2 Å². The summed E-state index contributed by atoms with van der Waals surface area (Å²) >= 11 is 0. The summed E-state index contributed by atoms with van der Waals surface area (Å²) in [7, 11) is 1.50. The monoisotopic (exact) mass is 216 g/mol. The second-order valence-corrected chi connectivity index (χ2v) is 3.87. The average Bonchev–Trinajstić information content (AvgIpc) is 2.30. The van der Waals surface area contributed by atoms with Crippen LogP contribution >= 0.6 is 0 Å². The van der Waals surface area contributed by atoms with E-state index in [1.807, 2.05) is 0 Å². The Balaban J connectivity index is 0. The van der Waals surface area contributed by atoms with Crippen molar-refractivity contribution in [3.05, 3.63) is 0 Å². The predicted octanol–water partition coefficient (Wildman–Crippen LogP) is 3.31. The zero-order valence-corrected chi connectivity index (χ0v) is 11.1. The molecule has 0 aromatic rings. The van der Waals surface area contributed by atoms with E-state index in [1.54, 1.807) is 0 Å². The van der Waals surface area contributed by atoms with Crippen molar-refractivity contribution in [2.45, 2.75) is 65.2 Å². The predicted molar refractivity (Wildman–Crippen MR) is 71.3 cm³/mol.